The highest BCUT2D eigenvalue weighted by Crippen LogP contribution is 2.19. The van der Waals surface area contributed by atoms with Crippen LogP contribution in [-0.4, -0.2) is 24.2 Å². The Morgan fingerprint density at radius 2 is 2.07 bits per heavy atom. The minimum atomic E-state index is -0.453. The summed E-state index contributed by atoms with van der Waals surface area (Å²) in [6.07, 6.45) is 0. The zero-order chi connectivity index (χ0) is 11.3. The molecule has 4 heteroatoms. The van der Waals surface area contributed by atoms with E-state index in [-0.39, 0.29) is 18.3 Å². The van der Waals surface area contributed by atoms with Gasteiger partial charge in [0.15, 0.2) is 0 Å². The van der Waals surface area contributed by atoms with Gasteiger partial charge in [0.05, 0.1) is 12.5 Å². The highest BCUT2D eigenvalue weighted by atomic mass is 16.5. The predicted octanol–water partition coefficient (Wildman–Crippen LogP) is 0.998. The van der Waals surface area contributed by atoms with Gasteiger partial charge in [0.25, 0.3) is 0 Å². The van der Waals surface area contributed by atoms with E-state index >= 15 is 0 Å². The highest BCUT2D eigenvalue weighted by Gasteiger charge is 2.19. The lowest BCUT2D eigenvalue weighted by Crippen LogP contribution is -2.23. The van der Waals surface area contributed by atoms with Crippen molar-refractivity contribution in [1.82, 2.24) is 0 Å². The third kappa shape index (κ3) is 2.95. The van der Waals surface area contributed by atoms with Gasteiger partial charge in [-0.2, -0.15) is 0 Å². The van der Waals surface area contributed by atoms with Crippen molar-refractivity contribution in [2.24, 2.45) is 5.73 Å². The maximum absolute atomic E-state index is 11.5. The lowest BCUT2D eigenvalue weighted by Gasteiger charge is -2.13. The average Bonchev–Trinajstić information content (AvgIpc) is 2.22. The number of hydrogen-bond acceptors (Lipinski definition) is 4. The summed E-state index contributed by atoms with van der Waals surface area (Å²) >= 11 is 0. The SMILES string of the molecule is CCOC(=O)C(CN)c1ccc(O)cc1. The minimum Gasteiger partial charge on any atom is -0.508 e. The number of esters is 1. The Kier molecular flexibility index (Phi) is 4.12. The largest absolute Gasteiger partial charge is 0.508 e. The highest BCUT2D eigenvalue weighted by molar-refractivity contribution is 5.78. The fraction of sp³-hybridized carbons (Fsp3) is 0.364. The van der Waals surface area contributed by atoms with Gasteiger partial charge in [0.1, 0.15) is 5.75 Å². The molecule has 0 fully saturated rings. The normalized spacial score (nSPS) is 12.1. The van der Waals surface area contributed by atoms with Crippen molar-refractivity contribution in [3.05, 3.63) is 29.8 Å². The molecule has 0 aliphatic heterocycles. The first-order valence-electron chi connectivity index (χ1n) is 4.84. The van der Waals surface area contributed by atoms with E-state index in [2.05, 4.69) is 0 Å². The number of rotatable bonds is 4. The molecule has 0 aliphatic rings. The molecule has 1 aromatic rings. The van der Waals surface area contributed by atoms with E-state index in [4.69, 9.17) is 15.6 Å². The van der Waals surface area contributed by atoms with Crippen molar-refractivity contribution in [3.63, 3.8) is 0 Å². The Hall–Kier alpha value is -1.55. The van der Waals surface area contributed by atoms with Crippen molar-refractivity contribution in [2.45, 2.75) is 12.8 Å². The summed E-state index contributed by atoms with van der Waals surface area (Å²) in [4.78, 5) is 11.5. The van der Waals surface area contributed by atoms with Gasteiger partial charge in [-0.15, -0.1) is 0 Å². The number of benzene rings is 1. The van der Waals surface area contributed by atoms with Gasteiger partial charge < -0.3 is 15.6 Å². The fourth-order valence-corrected chi connectivity index (χ4v) is 1.32. The van der Waals surface area contributed by atoms with E-state index in [9.17, 15) is 4.79 Å². The van der Waals surface area contributed by atoms with Crippen LogP contribution in [0, 0.1) is 0 Å². The standard InChI is InChI=1S/C11H15NO3/c1-2-15-11(14)10(7-12)8-3-5-9(13)6-4-8/h3-6,10,13H,2,7,12H2,1H3. The van der Waals surface area contributed by atoms with Crippen molar-refractivity contribution in [1.29, 1.82) is 0 Å². The third-order valence-electron chi connectivity index (χ3n) is 2.10. The van der Waals surface area contributed by atoms with Crippen LogP contribution in [0.5, 0.6) is 5.75 Å². The second kappa shape index (κ2) is 5.36. The molecule has 0 saturated heterocycles. The topological polar surface area (TPSA) is 72.5 Å². The molecule has 3 N–H and O–H groups in total. The number of carbonyl (C=O) groups excluding carboxylic acids is 1. The predicted molar refractivity (Wildman–Crippen MR) is 56.5 cm³/mol. The van der Waals surface area contributed by atoms with Crippen LogP contribution in [0.2, 0.25) is 0 Å². The summed E-state index contributed by atoms with van der Waals surface area (Å²) in [6, 6.07) is 6.39. The minimum absolute atomic E-state index is 0.165. The van der Waals surface area contributed by atoms with Crippen molar-refractivity contribution in [2.75, 3.05) is 13.2 Å². The summed E-state index contributed by atoms with van der Waals surface area (Å²) in [7, 11) is 0. The van der Waals surface area contributed by atoms with E-state index in [1.165, 1.54) is 12.1 Å². The molecule has 0 radical (unpaired) electrons. The van der Waals surface area contributed by atoms with Gasteiger partial charge in [-0.1, -0.05) is 12.1 Å². The molecule has 15 heavy (non-hydrogen) atoms. The monoisotopic (exact) mass is 209 g/mol. The number of ether oxygens (including phenoxy) is 1. The molecule has 0 aromatic heterocycles. The Labute approximate surface area is 88.7 Å². The number of aromatic hydroxyl groups is 1. The zero-order valence-electron chi connectivity index (χ0n) is 8.64. The number of carbonyl (C=O) groups is 1. The van der Waals surface area contributed by atoms with Gasteiger partial charge in [0, 0.05) is 6.54 Å². The van der Waals surface area contributed by atoms with Crippen molar-refractivity contribution < 1.29 is 14.6 Å². The molecule has 1 unspecified atom stereocenters. The molecule has 0 bridgehead atoms. The average molecular weight is 209 g/mol. The second-order valence-corrected chi connectivity index (χ2v) is 3.13. The van der Waals surface area contributed by atoms with Crippen molar-refractivity contribution in [3.8, 4) is 5.75 Å². The first-order chi connectivity index (χ1) is 7.19. The molecule has 1 aromatic carbocycles. The molecule has 0 heterocycles. The Balaban J connectivity index is 2.82. The number of nitrogens with two attached hydrogens (primary N) is 1. The van der Waals surface area contributed by atoms with Crippen LogP contribution in [0.3, 0.4) is 0 Å². The molecule has 0 saturated carbocycles. The number of phenolic OH excluding ortho intramolecular Hbond substituents is 1. The van der Waals surface area contributed by atoms with Gasteiger partial charge in [-0.05, 0) is 24.6 Å². The molecule has 4 nitrogen and oxygen atoms in total. The number of hydrogen-bond donors (Lipinski definition) is 2. The molecule has 0 spiro atoms. The summed E-state index contributed by atoms with van der Waals surface area (Å²) in [6.45, 7) is 2.29. The van der Waals surface area contributed by atoms with Gasteiger partial charge in [-0.3, -0.25) is 4.79 Å². The van der Waals surface area contributed by atoms with Gasteiger partial charge in [-0.25, -0.2) is 0 Å². The molecule has 82 valence electrons. The molecular weight excluding hydrogens is 194 g/mol. The lowest BCUT2D eigenvalue weighted by atomic mass is 9.99. The van der Waals surface area contributed by atoms with Crippen LogP contribution < -0.4 is 5.73 Å². The number of phenols is 1. The van der Waals surface area contributed by atoms with E-state index in [1.54, 1.807) is 19.1 Å². The summed E-state index contributed by atoms with van der Waals surface area (Å²) in [5.74, 6) is -0.616. The van der Waals surface area contributed by atoms with E-state index in [1.807, 2.05) is 0 Å². The van der Waals surface area contributed by atoms with Crippen LogP contribution >= 0.6 is 0 Å². The van der Waals surface area contributed by atoms with Gasteiger partial charge in [0.2, 0.25) is 0 Å². The Bertz CT molecular complexity index is 321. The first-order valence-corrected chi connectivity index (χ1v) is 4.84. The summed E-state index contributed by atoms with van der Waals surface area (Å²) in [5.41, 5.74) is 6.27. The molecule has 0 aliphatic carbocycles. The molecule has 0 amide bonds. The second-order valence-electron chi connectivity index (χ2n) is 3.13. The molecule has 1 rings (SSSR count). The van der Waals surface area contributed by atoms with E-state index in [0.717, 1.165) is 5.56 Å². The van der Waals surface area contributed by atoms with Gasteiger partial charge >= 0.3 is 5.97 Å². The maximum atomic E-state index is 11.5. The Morgan fingerprint density at radius 3 is 2.53 bits per heavy atom. The maximum Gasteiger partial charge on any atom is 0.314 e. The third-order valence-corrected chi connectivity index (χ3v) is 2.10. The van der Waals surface area contributed by atoms with Crippen LogP contribution in [0.15, 0.2) is 24.3 Å². The van der Waals surface area contributed by atoms with Crippen LogP contribution in [0.25, 0.3) is 0 Å². The van der Waals surface area contributed by atoms with Crippen LogP contribution in [0.4, 0.5) is 0 Å². The quantitative estimate of drug-likeness (QED) is 0.725. The van der Waals surface area contributed by atoms with E-state index < -0.39 is 5.92 Å². The molecule has 1 atom stereocenters. The zero-order valence-corrected chi connectivity index (χ0v) is 8.64. The lowest BCUT2D eigenvalue weighted by molar-refractivity contribution is -0.144. The molecular formula is C11H15NO3. The summed E-state index contributed by atoms with van der Waals surface area (Å²) in [5, 5.41) is 9.11. The fourth-order valence-electron chi connectivity index (χ4n) is 1.32. The van der Waals surface area contributed by atoms with Crippen LogP contribution in [-0.2, 0) is 9.53 Å². The van der Waals surface area contributed by atoms with Crippen molar-refractivity contribution >= 4 is 5.97 Å². The summed E-state index contributed by atoms with van der Waals surface area (Å²) < 4.78 is 4.90. The van der Waals surface area contributed by atoms with Crippen LogP contribution in [0.1, 0.15) is 18.4 Å². The first kappa shape index (κ1) is 11.5. The van der Waals surface area contributed by atoms with E-state index in [0.29, 0.717) is 6.61 Å². The Morgan fingerprint density at radius 1 is 1.47 bits per heavy atom. The smallest absolute Gasteiger partial charge is 0.314 e.